The van der Waals surface area contributed by atoms with Gasteiger partial charge in [0.2, 0.25) is 0 Å². The Balaban J connectivity index is 1.31. The highest BCUT2D eigenvalue weighted by Crippen LogP contribution is 2.36. The molecule has 1 spiro atoms. The molecule has 4 heterocycles. The minimum atomic E-state index is -0.291. The van der Waals surface area contributed by atoms with Crippen LogP contribution in [-0.4, -0.2) is 57.2 Å². The van der Waals surface area contributed by atoms with E-state index in [2.05, 4.69) is 15.0 Å². The molecule has 2 aromatic heterocycles. The van der Waals surface area contributed by atoms with Crippen LogP contribution in [0.3, 0.4) is 0 Å². The fourth-order valence-electron chi connectivity index (χ4n) is 3.59. The van der Waals surface area contributed by atoms with Crippen molar-refractivity contribution >= 4 is 5.91 Å². The fraction of sp³-hybridized carbons (Fsp3) is 0.474. The number of aryl methyl sites for hydroxylation is 1. The molecule has 7 nitrogen and oxygen atoms in total. The topological polar surface area (TPSA) is 77.4 Å². The predicted molar refractivity (Wildman–Crippen MR) is 93.4 cm³/mol. The number of rotatable bonds is 4. The molecule has 0 saturated carbocycles. The zero-order chi connectivity index (χ0) is 18.0. The second kappa shape index (κ2) is 7.09. The zero-order valence-electron chi connectivity index (χ0n) is 14.8. The minimum Gasteiger partial charge on any atom is -0.372 e. The van der Waals surface area contributed by atoms with Gasteiger partial charge in [-0.25, -0.2) is 4.98 Å². The third kappa shape index (κ3) is 3.59. The van der Waals surface area contributed by atoms with Crippen molar-refractivity contribution in [2.75, 3.05) is 19.7 Å². The van der Waals surface area contributed by atoms with Gasteiger partial charge >= 0.3 is 0 Å². The molecular weight excluding hydrogens is 332 g/mol. The first-order valence-electron chi connectivity index (χ1n) is 8.87. The van der Waals surface area contributed by atoms with E-state index in [0.717, 1.165) is 24.2 Å². The Morgan fingerprint density at radius 2 is 2.27 bits per heavy atom. The van der Waals surface area contributed by atoms with Gasteiger partial charge in [0.1, 0.15) is 11.3 Å². The molecule has 1 amide bonds. The molecule has 1 unspecified atom stereocenters. The van der Waals surface area contributed by atoms with E-state index >= 15 is 0 Å². The summed E-state index contributed by atoms with van der Waals surface area (Å²) < 4.78 is 12.1. The van der Waals surface area contributed by atoms with Crippen LogP contribution in [0.2, 0.25) is 0 Å². The smallest absolute Gasteiger partial charge is 0.274 e. The Morgan fingerprint density at radius 3 is 3.04 bits per heavy atom. The summed E-state index contributed by atoms with van der Waals surface area (Å²) >= 11 is 0. The molecule has 4 rings (SSSR count). The lowest BCUT2D eigenvalue weighted by Gasteiger charge is -2.52. The lowest BCUT2D eigenvalue weighted by molar-refractivity contribution is -0.188. The SMILES string of the molecule is Cc1cccc(COC2CCOC3(C2)CN(C(=O)c2cnccn2)C3)n1. The molecule has 2 aliphatic rings. The van der Waals surface area contributed by atoms with Crippen LogP contribution in [0.25, 0.3) is 0 Å². The number of nitrogens with zero attached hydrogens (tertiary/aromatic N) is 4. The Kier molecular flexibility index (Phi) is 4.65. The standard InChI is InChI=1S/C19H22N4O3/c1-14-3-2-4-15(22-14)11-25-16-5-8-26-19(9-16)12-23(13-19)18(24)17-10-20-6-7-21-17/h2-4,6-7,10,16H,5,8-9,11-13H2,1H3. The van der Waals surface area contributed by atoms with Crippen LogP contribution in [0.4, 0.5) is 0 Å². The summed E-state index contributed by atoms with van der Waals surface area (Å²) in [6, 6.07) is 5.95. The van der Waals surface area contributed by atoms with Crippen LogP contribution < -0.4 is 0 Å². The first kappa shape index (κ1) is 17.1. The summed E-state index contributed by atoms with van der Waals surface area (Å²) in [6.07, 6.45) is 6.37. The molecule has 0 aliphatic carbocycles. The number of pyridine rings is 1. The van der Waals surface area contributed by atoms with Gasteiger partial charge in [0.25, 0.3) is 5.91 Å². The van der Waals surface area contributed by atoms with Crippen LogP contribution in [0.15, 0.2) is 36.8 Å². The fourth-order valence-corrected chi connectivity index (χ4v) is 3.59. The minimum absolute atomic E-state index is 0.0978. The maximum Gasteiger partial charge on any atom is 0.274 e. The van der Waals surface area contributed by atoms with Gasteiger partial charge in [-0.15, -0.1) is 0 Å². The van der Waals surface area contributed by atoms with Crippen LogP contribution >= 0.6 is 0 Å². The summed E-state index contributed by atoms with van der Waals surface area (Å²) in [5.74, 6) is -0.0978. The Morgan fingerprint density at radius 1 is 1.38 bits per heavy atom. The number of hydrogen-bond acceptors (Lipinski definition) is 6. The number of ether oxygens (including phenoxy) is 2. The Bertz CT molecular complexity index is 777. The number of hydrogen-bond donors (Lipinski definition) is 0. The van der Waals surface area contributed by atoms with Crippen molar-refractivity contribution in [3.05, 3.63) is 53.9 Å². The lowest BCUT2D eigenvalue weighted by atomic mass is 9.84. The Hall–Kier alpha value is -2.38. The summed E-state index contributed by atoms with van der Waals surface area (Å²) in [6.45, 7) is 4.28. The van der Waals surface area contributed by atoms with Crippen LogP contribution in [-0.2, 0) is 16.1 Å². The molecule has 0 radical (unpaired) electrons. The monoisotopic (exact) mass is 354 g/mol. The number of amides is 1. The van der Waals surface area contributed by atoms with Gasteiger partial charge in [0.05, 0.1) is 37.7 Å². The number of carbonyl (C=O) groups excluding carboxylic acids is 1. The van der Waals surface area contributed by atoms with E-state index in [1.165, 1.54) is 12.4 Å². The van der Waals surface area contributed by atoms with Gasteiger partial charge < -0.3 is 14.4 Å². The molecule has 1 atom stereocenters. The highest BCUT2D eigenvalue weighted by atomic mass is 16.5. The average molecular weight is 354 g/mol. The quantitative estimate of drug-likeness (QED) is 0.833. The molecule has 0 aromatic carbocycles. The van der Waals surface area contributed by atoms with E-state index < -0.39 is 0 Å². The Labute approximate surface area is 152 Å². The van der Waals surface area contributed by atoms with Crippen LogP contribution in [0, 0.1) is 6.92 Å². The van der Waals surface area contributed by atoms with Crippen LogP contribution in [0.5, 0.6) is 0 Å². The van der Waals surface area contributed by atoms with E-state index in [1.54, 1.807) is 11.1 Å². The van der Waals surface area contributed by atoms with Crippen molar-refractivity contribution < 1.29 is 14.3 Å². The molecule has 7 heteroatoms. The molecule has 2 aliphatic heterocycles. The maximum absolute atomic E-state index is 12.4. The molecule has 136 valence electrons. The predicted octanol–water partition coefficient (Wildman–Crippen LogP) is 1.77. The number of carbonyl (C=O) groups is 1. The van der Waals surface area contributed by atoms with Crippen molar-refractivity contribution in [1.29, 1.82) is 0 Å². The average Bonchev–Trinajstić information content (AvgIpc) is 2.65. The van der Waals surface area contributed by atoms with Crippen molar-refractivity contribution in [2.24, 2.45) is 0 Å². The number of likely N-dealkylation sites (tertiary alicyclic amines) is 1. The van der Waals surface area contributed by atoms with Gasteiger partial charge in [0.15, 0.2) is 0 Å². The van der Waals surface area contributed by atoms with Gasteiger partial charge in [0, 0.05) is 31.1 Å². The second-order valence-electron chi connectivity index (χ2n) is 6.98. The van der Waals surface area contributed by atoms with Gasteiger partial charge in [-0.1, -0.05) is 6.07 Å². The summed E-state index contributed by atoms with van der Waals surface area (Å²) in [5.41, 5.74) is 2.02. The van der Waals surface area contributed by atoms with E-state index in [-0.39, 0.29) is 17.6 Å². The van der Waals surface area contributed by atoms with Crippen molar-refractivity contribution in [2.45, 2.75) is 38.1 Å². The van der Waals surface area contributed by atoms with Crippen molar-refractivity contribution in [3.63, 3.8) is 0 Å². The largest absolute Gasteiger partial charge is 0.372 e. The van der Waals surface area contributed by atoms with Gasteiger partial charge in [-0.3, -0.25) is 14.8 Å². The van der Waals surface area contributed by atoms with E-state index in [0.29, 0.717) is 32.0 Å². The highest BCUT2D eigenvalue weighted by Gasteiger charge is 2.49. The molecule has 2 saturated heterocycles. The first-order chi connectivity index (χ1) is 12.6. The van der Waals surface area contributed by atoms with E-state index in [9.17, 15) is 4.79 Å². The normalized spacial score (nSPS) is 21.4. The molecule has 0 bridgehead atoms. The summed E-state index contributed by atoms with van der Waals surface area (Å²) in [7, 11) is 0. The van der Waals surface area contributed by atoms with Gasteiger partial charge in [-0.2, -0.15) is 0 Å². The second-order valence-corrected chi connectivity index (χ2v) is 6.98. The maximum atomic E-state index is 12.4. The molecule has 2 fully saturated rings. The van der Waals surface area contributed by atoms with E-state index in [4.69, 9.17) is 9.47 Å². The zero-order valence-corrected chi connectivity index (χ0v) is 14.8. The molecule has 2 aromatic rings. The van der Waals surface area contributed by atoms with E-state index in [1.807, 2.05) is 25.1 Å². The van der Waals surface area contributed by atoms with Crippen molar-refractivity contribution in [3.8, 4) is 0 Å². The number of aromatic nitrogens is 3. The first-order valence-corrected chi connectivity index (χ1v) is 8.87. The van der Waals surface area contributed by atoms with Crippen LogP contribution in [0.1, 0.15) is 34.7 Å². The summed E-state index contributed by atoms with van der Waals surface area (Å²) in [5, 5.41) is 0. The van der Waals surface area contributed by atoms with Gasteiger partial charge in [-0.05, 0) is 25.5 Å². The molecule has 0 N–H and O–H groups in total. The summed E-state index contributed by atoms with van der Waals surface area (Å²) in [4.78, 5) is 26.7. The lowest BCUT2D eigenvalue weighted by Crippen LogP contribution is -2.67. The third-order valence-electron chi connectivity index (χ3n) is 4.89. The third-order valence-corrected chi connectivity index (χ3v) is 4.89. The molecular formula is C19H22N4O3. The highest BCUT2D eigenvalue weighted by molar-refractivity contribution is 5.92. The van der Waals surface area contributed by atoms with Crippen molar-refractivity contribution in [1.82, 2.24) is 19.9 Å². The molecule has 26 heavy (non-hydrogen) atoms.